The summed E-state index contributed by atoms with van der Waals surface area (Å²) < 4.78 is 40.2. The summed E-state index contributed by atoms with van der Waals surface area (Å²) in [5, 5.41) is 3.09. The van der Waals surface area contributed by atoms with Gasteiger partial charge >= 0.3 is 6.36 Å². The summed E-state index contributed by atoms with van der Waals surface area (Å²) in [6.07, 6.45) is -4.82. The van der Waals surface area contributed by atoms with Crippen molar-refractivity contribution in [1.29, 1.82) is 0 Å². The molecule has 0 atom stereocenters. The molecule has 5 nitrogen and oxygen atoms in total. The molecule has 110 valence electrons. The highest BCUT2D eigenvalue weighted by atomic mass is 19.4. The number of nitrogens with zero attached hydrogens (tertiary/aromatic N) is 2. The molecule has 0 aliphatic carbocycles. The Morgan fingerprint density at radius 2 is 2.00 bits per heavy atom. The number of aryl methyl sites for hydroxylation is 1. The van der Waals surface area contributed by atoms with Crippen LogP contribution in [0.3, 0.4) is 0 Å². The first-order valence-electron chi connectivity index (χ1n) is 6.10. The van der Waals surface area contributed by atoms with Gasteiger partial charge in [-0.05, 0) is 12.5 Å². The number of carbonyl (C=O) groups is 1. The SMILES string of the molecule is Cc1ccc(OC(F)(F)F)nc1C(=O)N1CCNCC1. The van der Waals surface area contributed by atoms with E-state index < -0.39 is 12.2 Å². The van der Waals surface area contributed by atoms with Gasteiger partial charge in [0.05, 0.1) is 0 Å². The number of ether oxygens (including phenoxy) is 1. The minimum atomic E-state index is -4.82. The first kappa shape index (κ1) is 14.6. The van der Waals surface area contributed by atoms with E-state index in [1.54, 1.807) is 11.8 Å². The number of hydrogen-bond acceptors (Lipinski definition) is 4. The maximum Gasteiger partial charge on any atom is 0.574 e. The van der Waals surface area contributed by atoms with Gasteiger partial charge in [-0.2, -0.15) is 0 Å². The molecule has 1 aliphatic rings. The van der Waals surface area contributed by atoms with Crippen LogP contribution in [0.25, 0.3) is 0 Å². The number of rotatable bonds is 2. The number of pyridine rings is 1. The summed E-state index contributed by atoms with van der Waals surface area (Å²) in [6, 6.07) is 2.49. The van der Waals surface area contributed by atoms with E-state index in [1.165, 1.54) is 6.07 Å². The van der Waals surface area contributed by atoms with Crippen molar-refractivity contribution in [2.24, 2.45) is 0 Å². The van der Waals surface area contributed by atoms with E-state index in [4.69, 9.17) is 0 Å². The van der Waals surface area contributed by atoms with E-state index in [9.17, 15) is 18.0 Å². The number of hydrogen-bond donors (Lipinski definition) is 1. The number of alkyl halides is 3. The summed E-state index contributed by atoms with van der Waals surface area (Å²) >= 11 is 0. The zero-order chi connectivity index (χ0) is 14.8. The molecular formula is C12H14F3N3O2. The summed E-state index contributed by atoms with van der Waals surface area (Å²) in [4.78, 5) is 17.5. The Hall–Kier alpha value is -1.83. The second-order valence-corrected chi connectivity index (χ2v) is 4.40. The predicted molar refractivity (Wildman–Crippen MR) is 64.4 cm³/mol. The third-order valence-corrected chi connectivity index (χ3v) is 2.90. The summed E-state index contributed by atoms with van der Waals surface area (Å²) in [5.74, 6) is -1.00. The lowest BCUT2D eigenvalue weighted by molar-refractivity contribution is -0.276. The van der Waals surface area contributed by atoms with Gasteiger partial charge in [-0.1, -0.05) is 6.07 Å². The van der Waals surface area contributed by atoms with Crippen molar-refractivity contribution >= 4 is 5.91 Å². The van der Waals surface area contributed by atoms with Crippen LogP contribution in [0.2, 0.25) is 0 Å². The van der Waals surface area contributed by atoms with E-state index in [0.29, 0.717) is 31.7 Å². The van der Waals surface area contributed by atoms with Gasteiger partial charge in [0, 0.05) is 32.2 Å². The van der Waals surface area contributed by atoms with Crippen LogP contribution in [0, 0.1) is 6.92 Å². The number of halogens is 3. The van der Waals surface area contributed by atoms with Gasteiger partial charge in [0.15, 0.2) is 0 Å². The van der Waals surface area contributed by atoms with Gasteiger partial charge in [0.1, 0.15) is 5.69 Å². The van der Waals surface area contributed by atoms with Crippen LogP contribution in [0.4, 0.5) is 13.2 Å². The molecular weight excluding hydrogens is 275 g/mol. The Morgan fingerprint density at radius 3 is 2.60 bits per heavy atom. The fourth-order valence-electron chi connectivity index (χ4n) is 1.92. The predicted octanol–water partition coefficient (Wildman–Crippen LogP) is 1.33. The van der Waals surface area contributed by atoms with Crippen LogP contribution in [-0.2, 0) is 0 Å². The summed E-state index contributed by atoms with van der Waals surface area (Å²) in [5.41, 5.74) is 0.511. The lowest BCUT2D eigenvalue weighted by Gasteiger charge is -2.27. The molecule has 0 spiro atoms. The second kappa shape index (κ2) is 5.66. The third kappa shape index (κ3) is 3.60. The fraction of sp³-hybridized carbons (Fsp3) is 0.500. The molecule has 0 saturated carbocycles. The van der Waals surface area contributed by atoms with Crippen LogP contribution in [0.15, 0.2) is 12.1 Å². The lowest BCUT2D eigenvalue weighted by atomic mass is 10.2. The van der Waals surface area contributed by atoms with Crippen LogP contribution in [0.1, 0.15) is 16.1 Å². The van der Waals surface area contributed by atoms with Gasteiger partial charge in [0.2, 0.25) is 5.88 Å². The fourth-order valence-corrected chi connectivity index (χ4v) is 1.92. The normalized spacial score (nSPS) is 16.1. The Balaban J connectivity index is 2.21. The molecule has 0 unspecified atom stereocenters. The van der Waals surface area contributed by atoms with Gasteiger partial charge < -0.3 is 15.0 Å². The molecule has 8 heteroatoms. The molecule has 1 amide bonds. The molecule has 1 aromatic rings. The molecule has 0 radical (unpaired) electrons. The Bertz CT molecular complexity index is 499. The molecule has 2 heterocycles. The van der Waals surface area contributed by atoms with Gasteiger partial charge in [-0.3, -0.25) is 4.79 Å². The van der Waals surface area contributed by atoms with Crippen molar-refractivity contribution in [2.75, 3.05) is 26.2 Å². The molecule has 20 heavy (non-hydrogen) atoms. The van der Waals surface area contributed by atoms with Crippen molar-refractivity contribution in [2.45, 2.75) is 13.3 Å². The Labute approximate surface area is 113 Å². The highest BCUT2D eigenvalue weighted by molar-refractivity contribution is 5.93. The zero-order valence-corrected chi connectivity index (χ0v) is 10.8. The van der Waals surface area contributed by atoms with E-state index in [1.807, 2.05) is 0 Å². The largest absolute Gasteiger partial charge is 0.574 e. The number of amides is 1. The molecule has 1 aromatic heterocycles. The molecule has 1 aliphatic heterocycles. The van der Waals surface area contributed by atoms with Gasteiger partial charge in [0.25, 0.3) is 5.91 Å². The maximum atomic E-state index is 12.2. The Kier molecular flexibility index (Phi) is 4.12. The molecule has 1 fully saturated rings. The zero-order valence-electron chi connectivity index (χ0n) is 10.8. The third-order valence-electron chi connectivity index (χ3n) is 2.90. The highest BCUT2D eigenvalue weighted by Crippen LogP contribution is 2.22. The summed E-state index contributed by atoms with van der Waals surface area (Å²) in [7, 11) is 0. The minimum Gasteiger partial charge on any atom is -0.388 e. The van der Waals surface area contributed by atoms with E-state index >= 15 is 0 Å². The first-order valence-corrected chi connectivity index (χ1v) is 6.10. The van der Waals surface area contributed by atoms with Crippen molar-refractivity contribution < 1.29 is 22.7 Å². The number of aromatic nitrogens is 1. The highest BCUT2D eigenvalue weighted by Gasteiger charge is 2.32. The van der Waals surface area contributed by atoms with Crippen LogP contribution >= 0.6 is 0 Å². The lowest BCUT2D eigenvalue weighted by Crippen LogP contribution is -2.46. The van der Waals surface area contributed by atoms with E-state index in [0.717, 1.165) is 6.07 Å². The number of piperazine rings is 1. The molecule has 1 N–H and O–H groups in total. The average molecular weight is 289 g/mol. The molecule has 0 aromatic carbocycles. The van der Waals surface area contributed by atoms with Gasteiger partial charge in [-0.15, -0.1) is 13.2 Å². The molecule has 1 saturated heterocycles. The topological polar surface area (TPSA) is 54.5 Å². The molecule has 2 rings (SSSR count). The number of carbonyl (C=O) groups excluding carboxylic acids is 1. The van der Waals surface area contributed by atoms with E-state index in [-0.39, 0.29) is 11.6 Å². The second-order valence-electron chi connectivity index (χ2n) is 4.40. The van der Waals surface area contributed by atoms with Gasteiger partial charge in [-0.25, -0.2) is 4.98 Å². The van der Waals surface area contributed by atoms with Crippen LogP contribution < -0.4 is 10.1 Å². The van der Waals surface area contributed by atoms with E-state index in [2.05, 4.69) is 15.0 Å². The number of nitrogens with one attached hydrogen (secondary N) is 1. The van der Waals surface area contributed by atoms with Crippen molar-refractivity contribution in [3.8, 4) is 5.88 Å². The van der Waals surface area contributed by atoms with Crippen molar-refractivity contribution in [3.63, 3.8) is 0 Å². The average Bonchev–Trinajstić information content (AvgIpc) is 2.40. The van der Waals surface area contributed by atoms with Crippen molar-refractivity contribution in [1.82, 2.24) is 15.2 Å². The minimum absolute atomic E-state index is 0.00588. The first-order chi connectivity index (χ1) is 9.37. The van der Waals surface area contributed by atoms with Crippen LogP contribution in [0.5, 0.6) is 5.88 Å². The smallest absolute Gasteiger partial charge is 0.388 e. The standard InChI is InChI=1S/C12H14F3N3O2/c1-8-2-3-9(20-12(13,14)15)17-10(8)11(19)18-6-4-16-5-7-18/h2-3,16H,4-7H2,1H3. The Morgan fingerprint density at radius 1 is 1.35 bits per heavy atom. The van der Waals surface area contributed by atoms with Crippen LogP contribution in [-0.4, -0.2) is 48.3 Å². The van der Waals surface area contributed by atoms with Crippen molar-refractivity contribution in [3.05, 3.63) is 23.4 Å². The molecule has 0 bridgehead atoms. The quantitative estimate of drug-likeness (QED) is 0.892. The summed E-state index contributed by atoms with van der Waals surface area (Å²) in [6.45, 7) is 3.95. The maximum absolute atomic E-state index is 12.2. The monoisotopic (exact) mass is 289 g/mol.